The summed E-state index contributed by atoms with van der Waals surface area (Å²) in [4.78, 5) is 24.9. The third kappa shape index (κ3) is 4.26. The Labute approximate surface area is 162 Å². The van der Waals surface area contributed by atoms with Gasteiger partial charge in [-0.15, -0.1) is 0 Å². The smallest absolute Gasteiger partial charge is 0.267 e. The van der Waals surface area contributed by atoms with Crippen molar-refractivity contribution in [2.24, 2.45) is 0 Å². The van der Waals surface area contributed by atoms with Crippen LogP contribution in [0.15, 0.2) is 59.4 Å². The van der Waals surface area contributed by atoms with Crippen LogP contribution >= 0.6 is 11.6 Å². The van der Waals surface area contributed by atoms with Crippen molar-refractivity contribution in [2.75, 3.05) is 5.32 Å². The number of hydrogen-bond donors (Lipinski definition) is 1. The van der Waals surface area contributed by atoms with Crippen LogP contribution in [0.1, 0.15) is 24.1 Å². The molecule has 1 heterocycles. The second kappa shape index (κ2) is 7.76. The molecule has 1 atom stereocenters. The zero-order valence-corrected chi connectivity index (χ0v) is 16.1. The third-order valence-corrected chi connectivity index (χ3v) is 4.61. The Balaban J connectivity index is 1.89. The van der Waals surface area contributed by atoms with E-state index >= 15 is 0 Å². The summed E-state index contributed by atoms with van der Waals surface area (Å²) in [5, 5.41) is 7.74. The molecule has 0 saturated heterocycles. The lowest BCUT2D eigenvalue weighted by molar-refractivity contribution is -0.119. The van der Waals surface area contributed by atoms with Gasteiger partial charge in [0.2, 0.25) is 5.91 Å². The number of rotatable bonds is 4. The molecular weight excluding hydrogens is 362 g/mol. The summed E-state index contributed by atoms with van der Waals surface area (Å²) in [5.41, 5.74) is 3.81. The van der Waals surface area contributed by atoms with Crippen LogP contribution in [-0.4, -0.2) is 15.7 Å². The second-order valence-electron chi connectivity index (χ2n) is 6.49. The minimum atomic E-state index is -0.777. The minimum Gasteiger partial charge on any atom is -0.324 e. The van der Waals surface area contributed by atoms with Gasteiger partial charge in [0.15, 0.2) is 0 Å². The highest BCUT2D eigenvalue weighted by Crippen LogP contribution is 2.21. The molecule has 1 N–H and O–H groups in total. The van der Waals surface area contributed by atoms with Gasteiger partial charge in [-0.2, -0.15) is 5.10 Å². The molecule has 1 unspecified atom stereocenters. The molecule has 0 spiro atoms. The van der Waals surface area contributed by atoms with Crippen LogP contribution < -0.4 is 10.9 Å². The van der Waals surface area contributed by atoms with Gasteiger partial charge in [-0.25, -0.2) is 4.68 Å². The lowest BCUT2D eigenvalue weighted by atomic mass is 10.1. The van der Waals surface area contributed by atoms with Crippen LogP contribution in [0.3, 0.4) is 0 Å². The molecule has 1 aromatic heterocycles. The van der Waals surface area contributed by atoms with Crippen molar-refractivity contribution in [2.45, 2.75) is 26.8 Å². The Kier molecular flexibility index (Phi) is 5.42. The zero-order chi connectivity index (χ0) is 19.6. The first-order chi connectivity index (χ1) is 12.8. The van der Waals surface area contributed by atoms with Gasteiger partial charge in [0.25, 0.3) is 5.56 Å². The van der Waals surface area contributed by atoms with Gasteiger partial charge in [-0.3, -0.25) is 9.59 Å². The van der Waals surface area contributed by atoms with Gasteiger partial charge in [0, 0.05) is 22.3 Å². The predicted molar refractivity (Wildman–Crippen MR) is 108 cm³/mol. The van der Waals surface area contributed by atoms with E-state index in [1.165, 1.54) is 10.7 Å². The molecule has 5 nitrogen and oxygen atoms in total. The first kappa shape index (κ1) is 18.9. The van der Waals surface area contributed by atoms with E-state index in [0.717, 1.165) is 16.7 Å². The Morgan fingerprint density at radius 1 is 1.07 bits per heavy atom. The number of carbonyl (C=O) groups is 1. The summed E-state index contributed by atoms with van der Waals surface area (Å²) in [6.07, 6.45) is 0. The van der Waals surface area contributed by atoms with Crippen molar-refractivity contribution in [3.63, 3.8) is 0 Å². The molecule has 3 aromatic rings. The number of nitrogens with one attached hydrogen (secondary N) is 1. The predicted octanol–water partition coefficient (Wildman–Crippen LogP) is 4.38. The number of anilines is 1. The SMILES string of the molecule is Cc1ccc(-c2ccc(=O)n(C(C)C(=O)Nc3cc(Cl)ccc3C)n2)cc1. The Bertz CT molecular complexity index is 1040. The summed E-state index contributed by atoms with van der Waals surface area (Å²) in [6.45, 7) is 5.52. The summed E-state index contributed by atoms with van der Waals surface area (Å²) in [6, 6.07) is 15.4. The topological polar surface area (TPSA) is 64.0 Å². The molecule has 3 rings (SSSR count). The highest BCUT2D eigenvalue weighted by molar-refractivity contribution is 6.31. The number of aromatic nitrogens is 2. The third-order valence-electron chi connectivity index (χ3n) is 4.38. The fraction of sp³-hybridized carbons (Fsp3) is 0.190. The number of aryl methyl sites for hydroxylation is 2. The van der Waals surface area contributed by atoms with E-state index in [4.69, 9.17) is 11.6 Å². The van der Waals surface area contributed by atoms with Gasteiger partial charge in [-0.1, -0.05) is 47.5 Å². The minimum absolute atomic E-state index is 0.337. The molecule has 0 bridgehead atoms. The Morgan fingerprint density at radius 2 is 1.78 bits per heavy atom. The highest BCUT2D eigenvalue weighted by atomic mass is 35.5. The van der Waals surface area contributed by atoms with Gasteiger partial charge in [0.1, 0.15) is 6.04 Å². The molecular formula is C21H20ClN3O2. The zero-order valence-electron chi connectivity index (χ0n) is 15.4. The van der Waals surface area contributed by atoms with Crippen LogP contribution in [0.5, 0.6) is 0 Å². The average molecular weight is 382 g/mol. The fourth-order valence-electron chi connectivity index (χ4n) is 2.66. The first-order valence-corrected chi connectivity index (χ1v) is 8.97. The lowest BCUT2D eigenvalue weighted by Crippen LogP contribution is -2.33. The van der Waals surface area contributed by atoms with Crippen molar-refractivity contribution < 1.29 is 4.79 Å². The van der Waals surface area contributed by atoms with E-state index in [9.17, 15) is 9.59 Å². The normalized spacial score (nSPS) is 11.9. The molecule has 27 heavy (non-hydrogen) atoms. The Morgan fingerprint density at radius 3 is 2.48 bits per heavy atom. The number of carbonyl (C=O) groups excluding carboxylic acids is 1. The molecule has 138 valence electrons. The molecule has 2 aromatic carbocycles. The van der Waals surface area contributed by atoms with E-state index in [1.54, 1.807) is 25.1 Å². The standard InChI is InChI=1S/C21H20ClN3O2/c1-13-4-7-16(8-5-13)18-10-11-20(26)25(24-18)15(3)21(27)23-19-12-17(22)9-6-14(19)2/h4-12,15H,1-3H3,(H,23,27). The number of hydrogen-bond acceptors (Lipinski definition) is 3. The van der Waals surface area contributed by atoms with E-state index in [-0.39, 0.29) is 11.5 Å². The largest absolute Gasteiger partial charge is 0.324 e. The van der Waals surface area contributed by atoms with Crippen LogP contribution in [0.25, 0.3) is 11.3 Å². The second-order valence-corrected chi connectivity index (χ2v) is 6.93. The monoisotopic (exact) mass is 381 g/mol. The summed E-state index contributed by atoms with van der Waals surface area (Å²) < 4.78 is 1.20. The van der Waals surface area contributed by atoms with E-state index in [1.807, 2.05) is 44.2 Å². The number of benzene rings is 2. The van der Waals surface area contributed by atoms with Crippen molar-refractivity contribution in [1.29, 1.82) is 0 Å². The van der Waals surface area contributed by atoms with Crippen molar-refractivity contribution >= 4 is 23.2 Å². The van der Waals surface area contributed by atoms with Crippen molar-refractivity contribution in [3.8, 4) is 11.3 Å². The number of nitrogens with zero attached hydrogens (tertiary/aromatic N) is 2. The highest BCUT2D eigenvalue weighted by Gasteiger charge is 2.19. The molecule has 0 aliphatic carbocycles. The maximum Gasteiger partial charge on any atom is 0.267 e. The van der Waals surface area contributed by atoms with Gasteiger partial charge in [-0.05, 0) is 44.5 Å². The average Bonchev–Trinajstić information content (AvgIpc) is 2.65. The molecule has 6 heteroatoms. The number of amides is 1. The quantitative estimate of drug-likeness (QED) is 0.729. The summed E-state index contributed by atoms with van der Waals surface area (Å²) >= 11 is 6.00. The van der Waals surface area contributed by atoms with Crippen LogP contribution in [0.2, 0.25) is 5.02 Å². The van der Waals surface area contributed by atoms with Gasteiger partial charge < -0.3 is 5.32 Å². The molecule has 1 amide bonds. The molecule has 0 aliphatic heterocycles. The molecule has 0 aliphatic rings. The lowest BCUT2D eigenvalue weighted by Gasteiger charge is -2.16. The number of halogens is 1. The molecule has 0 fully saturated rings. The van der Waals surface area contributed by atoms with Crippen LogP contribution in [0.4, 0.5) is 5.69 Å². The van der Waals surface area contributed by atoms with Crippen LogP contribution in [0, 0.1) is 13.8 Å². The fourth-order valence-corrected chi connectivity index (χ4v) is 2.83. The molecule has 0 saturated carbocycles. The Hall–Kier alpha value is -2.92. The summed E-state index contributed by atoms with van der Waals surface area (Å²) in [7, 11) is 0. The van der Waals surface area contributed by atoms with Gasteiger partial charge >= 0.3 is 0 Å². The summed E-state index contributed by atoms with van der Waals surface area (Å²) in [5.74, 6) is -0.337. The van der Waals surface area contributed by atoms with Crippen molar-refractivity contribution in [1.82, 2.24) is 9.78 Å². The van der Waals surface area contributed by atoms with Crippen LogP contribution in [-0.2, 0) is 4.79 Å². The van der Waals surface area contributed by atoms with Crippen molar-refractivity contribution in [3.05, 3.63) is 81.1 Å². The van der Waals surface area contributed by atoms with Gasteiger partial charge in [0.05, 0.1) is 5.69 Å². The van der Waals surface area contributed by atoms with E-state index in [2.05, 4.69) is 10.4 Å². The maximum atomic E-state index is 12.7. The molecule has 0 radical (unpaired) electrons. The van der Waals surface area contributed by atoms with E-state index < -0.39 is 6.04 Å². The maximum absolute atomic E-state index is 12.7. The van der Waals surface area contributed by atoms with E-state index in [0.29, 0.717) is 16.4 Å². The first-order valence-electron chi connectivity index (χ1n) is 8.59.